The number of primary amides is 1. The second-order valence-corrected chi connectivity index (χ2v) is 6.90. The van der Waals surface area contributed by atoms with Crippen LogP contribution in [0, 0.1) is 0 Å². The molecule has 3 rings (SSSR count). The summed E-state index contributed by atoms with van der Waals surface area (Å²) in [7, 11) is 0. The number of rotatable bonds is 2. The molecule has 0 spiro atoms. The molecule has 1 aromatic heterocycles. The third-order valence-corrected chi connectivity index (χ3v) is 5.17. The van der Waals surface area contributed by atoms with Gasteiger partial charge in [0.2, 0.25) is 5.91 Å². The Morgan fingerprint density at radius 2 is 2.10 bits per heavy atom. The first kappa shape index (κ1) is 14.3. The van der Waals surface area contributed by atoms with Crippen LogP contribution in [0.4, 0.5) is 5.00 Å². The summed E-state index contributed by atoms with van der Waals surface area (Å²) in [5.74, 6) is -0.691. The molecule has 1 aliphatic carbocycles. The molecule has 2 amide bonds. The maximum Gasteiger partial charge on any atom is 0.252 e. The zero-order chi connectivity index (χ0) is 15.1. The quantitative estimate of drug-likeness (QED) is 0.857. The number of nitrogens with two attached hydrogens (primary N) is 1. The van der Waals surface area contributed by atoms with Crippen LogP contribution in [0.25, 0.3) is 10.4 Å². The number of carbonyl (C=O) groups excluding carboxylic acids is 2. The Hall–Kier alpha value is -1.66. The summed E-state index contributed by atoms with van der Waals surface area (Å²) < 4.78 is 1.04. The van der Waals surface area contributed by atoms with E-state index in [1.807, 2.05) is 12.1 Å². The Morgan fingerprint density at radius 3 is 2.76 bits per heavy atom. The van der Waals surface area contributed by atoms with E-state index in [-0.39, 0.29) is 5.91 Å². The van der Waals surface area contributed by atoms with Gasteiger partial charge in [-0.3, -0.25) is 9.59 Å². The van der Waals surface area contributed by atoms with E-state index in [0.29, 0.717) is 10.6 Å². The van der Waals surface area contributed by atoms with Crippen molar-refractivity contribution in [3.05, 3.63) is 39.4 Å². The molecule has 0 radical (unpaired) electrons. The van der Waals surface area contributed by atoms with E-state index in [9.17, 15) is 9.59 Å². The number of fused-ring (bicyclic) bond motifs is 3. The largest absolute Gasteiger partial charge is 0.365 e. The van der Waals surface area contributed by atoms with Gasteiger partial charge >= 0.3 is 0 Å². The van der Waals surface area contributed by atoms with E-state index in [2.05, 4.69) is 27.3 Å². The first-order valence-electron chi connectivity index (χ1n) is 6.49. The van der Waals surface area contributed by atoms with Crippen molar-refractivity contribution in [2.75, 3.05) is 5.32 Å². The summed E-state index contributed by atoms with van der Waals surface area (Å²) in [6.07, 6.45) is 1.62. The zero-order valence-corrected chi connectivity index (χ0v) is 13.7. The fourth-order valence-electron chi connectivity index (χ4n) is 2.68. The Morgan fingerprint density at radius 1 is 1.33 bits per heavy atom. The molecule has 0 unspecified atom stereocenters. The summed E-state index contributed by atoms with van der Waals surface area (Å²) in [5.41, 5.74) is 9.27. The van der Waals surface area contributed by atoms with E-state index < -0.39 is 5.91 Å². The van der Waals surface area contributed by atoms with Gasteiger partial charge in [-0.05, 0) is 41.7 Å². The maximum absolute atomic E-state index is 11.8. The number of aryl methyl sites for hydroxylation is 1. The molecule has 0 fully saturated rings. The lowest BCUT2D eigenvalue weighted by atomic mass is 9.89. The van der Waals surface area contributed by atoms with E-state index in [4.69, 9.17) is 5.73 Å². The van der Waals surface area contributed by atoms with Crippen LogP contribution in [0.2, 0.25) is 0 Å². The third kappa shape index (κ3) is 2.49. The number of anilines is 1. The van der Waals surface area contributed by atoms with E-state index in [0.717, 1.165) is 33.3 Å². The van der Waals surface area contributed by atoms with Gasteiger partial charge in [-0.1, -0.05) is 22.0 Å². The smallest absolute Gasteiger partial charge is 0.252 e. The summed E-state index contributed by atoms with van der Waals surface area (Å²) in [4.78, 5) is 24.1. The summed E-state index contributed by atoms with van der Waals surface area (Å²) in [6.45, 7) is 1.43. The van der Waals surface area contributed by atoms with Crippen molar-refractivity contribution in [2.45, 2.75) is 19.8 Å². The van der Waals surface area contributed by atoms with Crippen molar-refractivity contribution in [3.63, 3.8) is 0 Å². The second-order valence-electron chi connectivity index (χ2n) is 4.96. The number of thiophene rings is 1. The summed E-state index contributed by atoms with van der Waals surface area (Å²) in [6, 6.07) is 6.12. The minimum Gasteiger partial charge on any atom is -0.365 e. The van der Waals surface area contributed by atoms with Crippen LogP contribution in [0.5, 0.6) is 0 Å². The van der Waals surface area contributed by atoms with Crippen LogP contribution in [-0.4, -0.2) is 11.8 Å². The van der Waals surface area contributed by atoms with Crippen molar-refractivity contribution in [1.82, 2.24) is 0 Å². The molecule has 4 nitrogen and oxygen atoms in total. The molecule has 6 heteroatoms. The lowest BCUT2D eigenvalue weighted by molar-refractivity contribution is -0.114. The highest BCUT2D eigenvalue weighted by Gasteiger charge is 2.27. The molecule has 1 aliphatic rings. The number of hydrogen-bond acceptors (Lipinski definition) is 3. The number of benzene rings is 1. The highest BCUT2D eigenvalue weighted by Crippen LogP contribution is 2.45. The van der Waals surface area contributed by atoms with Crippen molar-refractivity contribution in [3.8, 4) is 10.4 Å². The number of amides is 2. The van der Waals surface area contributed by atoms with Crippen molar-refractivity contribution in [2.24, 2.45) is 5.73 Å². The van der Waals surface area contributed by atoms with Gasteiger partial charge in [0.05, 0.1) is 5.56 Å². The predicted octanol–water partition coefficient (Wildman–Crippen LogP) is 3.33. The van der Waals surface area contributed by atoms with Gasteiger partial charge in [-0.2, -0.15) is 0 Å². The summed E-state index contributed by atoms with van der Waals surface area (Å²) >= 11 is 4.90. The maximum atomic E-state index is 11.8. The molecule has 1 heterocycles. The fourth-order valence-corrected chi connectivity index (χ4v) is 4.45. The highest BCUT2D eigenvalue weighted by molar-refractivity contribution is 9.10. The van der Waals surface area contributed by atoms with Gasteiger partial charge in [0.15, 0.2) is 0 Å². The average molecular weight is 365 g/mol. The minimum atomic E-state index is -0.489. The van der Waals surface area contributed by atoms with Gasteiger partial charge in [-0.15, -0.1) is 11.3 Å². The monoisotopic (exact) mass is 364 g/mol. The van der Waals surface area contributed by atoms with Crippen LogP contribution < -0.4 is 11.1 Å². The van der Waals surface area contributed by atoms with Crippen LogP contribution in [0.3, 0.4) is 0 Å². The van der Waals surface area contributed by atoms with Crippen LogP contribution in [-0.2, 0) is 17.6 Å². The molecule has 21 heavy (non-hydrogen) atoms. The van der Waals surface area contributed by atoms with Gasteiger partial charge in [0, 0.05) is 16.3 Å². The first-order chi connectivity index (χ1) is 9.97. The lowest BCUT2D eigenvalue weighted by Crippen LogP contribution is -2.17. The van der Waals surface area contributed by atoms with Gasteiger partial charge in [-0.25, -0.2) is 0 Å². The first-order valence-corrected chi connectivity index (χ1v) is 8.10. The molecule has 3 N–H and O–H groups in total. The molecule has 0 saturated carbocycles. The van der Waals surface area contributed by atoms with Gasteiger partial charge in [0.25, 0.3) is 5.91 Å². The number of halogens is 1. The number of carbonyl (C=O) groups is 2. The Bertz CT molecular complexity index is 767. The zero-order valence-electron chi connectivity index (χ0n) is 11.3. The average Bonchev–Trinajstić information content (AvgIpc) is 2.75. The summed E-state index contributed by atoms with van der Waals surface area (Å²) in [5, 5.41) is 3.28. The Balaban J connectivity index is 2.21. The lowest BCUT2D eigenvalue weighted by Gasteiger charge is -2.17. The molecule has 0 aliphatic heterocycles. The second kappa shape index (κ2) is 5.27. The van der Waals surface area contributed by atoms with E-state index in [1.54, 1.807) is 0 Å². The number of nitrogens with one attached hydrogen (secondary N) is 1. The topological polar surface area (TPSA) is 72.2 Å². The van der Waals surface area contributed by atoms with E-state index >= 15 is 0 Å². The van der Waals surface area contributed by atoms with Crippen LogP contribution in [0.1, 0.15) is 28.4 Å². The van der Waals surface area contributed by atoms with Gasteiger partial charge < -0.3 is 11.1 Å². The van der Waals surface area contributed by atoms with Crippen molar-refractivity contribution in [1.29, 1.82) is 0 Å². The van der Waals surface area contributed by atoms with Crippen molar-refractivity contribution < 1.29 is 9.59 Å². The SMILES string of the molecule is CC(=O)Nc1sc2c(c1C(N)=O)CCc1cc(Br)ccc1-2. The molecule has 2 aromatic rings. The molecular formula is C15H13BrN2O2S. The molecular weight excluding hydrogens is 352 g/mol. The van der Waals surface area contributed by atoms with Gasteiger partial charge in [0.1, 0.15) is 5.00 Å². The molecule has 0 bridgehead atoms. The molecule has 1 aromatic carbocycles. The molecule has 0 saturated heterocycles. The standard InChI is InChI=1S/C15H13BrN2O2S/c1-7(19)18-15-12(14(17)20)11-4-2-8-6-9(16)3-5-10(8)13(11)21-15/h3,5-6H,2,4H2,1H3,(H2,17,20)(H,18,19). The van der Waals surface area contributed by atoms with Crippen LogP contribution in [0.15, 0.2) is 22.7 Å². The highest BCUT2D eigenvalue weighted by atomic mass is 79.9. The number of hydrogen-bond donors (Lipinski definition) is 2. The molecule has 0 atom stereocenters. The normalized spacial score (nSPS) is 12.5. The Kier molecular flexibility index (Phi) is 3.59. The third-order valence-electron chi connectivity index (χ3n) is 3.50. The fraction of sp³-hybridized carbons (Fsp3) is 0.200. The predicted molar refractivity (Wildman–Crippen MR) is 87.7 cm³/mol. The molecule has 108 valence electrons. The van der Waals surface area contributed by atoms with Crippen molar-refractivity contribution >= 4 is 44.1 Å². The minimum absolute atomic E-state index is 0.202. The van der Waals surface area contributed by atoms with E-state index in [1.165, 1.54) is 23.8 Å². The van der Waals surface area contributed by atoms with Crippen LogP contribution >= 0.6 is 27.3 Å². The Labute approximate surface area is 134 Å².